The van der Waals surface area contributed by atoms with Gasteiger partial charge in [0.05, 0.1) is 5.52 Å². The molecule has 1 amide bonds. The summed E-state index contributed by atoms with van der Waals surface area (Å²) in [7, 11) is 0. The number of fused-ring (bicyclic) bond motifs is 1. The van der Waals surface area contributed by atoms with E-state index >= 15 is 0 Å². The summed E-state index contributed by atoms with van der Waals surface area (Å²) in [5.74, 6) is 1.73. The number of nitrogens with one attached hydrogen (secondary N) is 1. The normalized spacial score (nSPS) is 19.9. The zero-order valence-electron chi connectivity index (χ0n) is 22.6. The SMILES string of the molecule is CC.CC(C)(C)OC(=O)N1CCC(c2nccnc2OC2CC(Nc3ccc4ccccc4n3)C2)CC1. The van der Waals surface area contributed by atoms with Crippen LogP contribution in [0.2, 0.25) is 0 Å². The summed E-state index contributed by atoms with van der Waals surface area (Å²) < 4.78 is 11.8. The molecule has 1 saturated heterocycles. The second kappa shape index (κ2) is 11.8. The van der Waals surface area contributed by atoms with Crippen LogP contribution in [0.3, 0.4) is 0 Å². The van der Waals surface area contributed by atoms with E-state index in [0.717, 1.165) is 48.1 Å². The Morgan fingerprint density at radius 3 is 2.43 bits per heavy atom. The molecule has 1 aromatic carbocycles. The third-order valence-electron chi connectivity index (χ3n) is 6.55. The lowest BCUT2D eigenvalue weighted by atomic mass is 9.89. The van der Waals surface area contributed by atoms with Crippen LogP contribution in [-0.4, -0.2) is 56.8 Å². The van der Waals surface area contributed by atoms with Crippen LogP contribution in [-0.2, 0) is 4.74 Å². The summed E-state index contributed by atoms with van der Waals surface area (Å²) in [6.45, 7) is 11.0. The molecule has 1 N–H and O–H groups in total. The maximum absolute atomic E-state index is 12.4. The number of para-hydroxylation sites is 1. The number of aromatic nitrogens is 3. The predicted octanol–water partition coefficient (Wildman–Crippen LogP) is 6.19. The third kappa shape index (κ3) is 6.87. The number of piperidine rings is 1. The molecule has 5 rings (SSSR count). The smallest absolute Gasteiger partial charge is 0.410 e. The minimum Gasteiger partial charge on any atom is -0.473 e. The Balaban J connectivity index is 0.00000156. The third-order valence-corrected chi connectivity index (χ3v) is 6.55. The number of rotatable bonds is 5. The molecule has 3 heterocycles. The molecule has 1 aliphatic heterocycles. The van der Waals surface area contributed by atoms with Gasteiger partial charge in [-0.15, -0.1) is 0 Å². The van der Waals surface area contributed by atoms with Crippen LogP contribution in [0.4, 0.5) is 10.6 Å². The largest absolute Gasteiger partial charge is 0.473 e. The number of hydrogen-bond acceptors (Lipinski definition) is 7. The fourth-order valence-electron chi connectivity index (χ4n) is 4.66. The van der Waals surface area contributed by atoms with E-state index in [9.17, 15) is 4.79 Å². The molecule has 0 atom stereocenters. The van der Waals surface area contributed by atoms with Crippen LogP contribution < -0.4 is 10.1 Å². The Bertz CT molecular complexity index is 1180. The quantitative estimate of drug-likeness (QED) is 0.442. The summed E-state index contributed by atoms with van der Waals surface area (Å²) in [6, 6.07) is 12.6. The van der Waals surface area contributed by atoms with E-state index in [-0.39, 0.29) is 18.1 Å². The van der Waals surface area contributed by atoms with Crippen molar-refractivity contribution < 1.29 is 14.3 Å². The standard InChI is InChI=1S/C27H33N5O3.C2H6/c1-27(2,3)35-26(33)32-14-10-19(11-15-32)24-25(29-13-12-28-24)34-21-16-20(17-21)30-23-9-8-18-6-4-5-7-22(18)31-23;1-2/h4-9,12-13,19-21H,10-11,14-17H2,1-3H3,(H,30,31);1-2H3. The number of benzene rings is 1. The van der Waals surface area contributed by atoms with Gasteiger partial charge in [0.1, 0.15) is 23.2 Å². The van der Waals surface area contributed by atoms with Crippen LogP contribution >= 0.6 is 0 Å². The molecule has 2 aliphatic rings. The summed E-state index contributed by atoms with van der Waals surface area (Å²) in [5, 5.41) is 4.66. The topological polar surface area (TPSA) is 89.5 Å². The second-order valence-electron chi connectivity index (χ2n) is 10.4. The van der Waals surface area contributed by atoms with Crippen LogP contribution in [0.15, 0.2) is 48.8 Å². The molecule has 1 saturated carbocycles. The van der Waals surface area contributed by atoms with E-state index in [1.165, 1.54) is 0 Å². The van der Waals surface area contributed by atoms with Gasteiger partial charge in [0.15, 0.2) is 0 Å². The maximum Gasteiger partial charge on any atom is 0.410 e. The monoisotopic (exact) mass is 505 g/mol. The lowest BCUT2D eigenvalue weighted by Gasteiger charge is -2.37. The zero-order chi connectivity index (χ0) is 26.4. The average molecular weight is 506 g/mol. The number of carbonyl (C=O) groups excluding carboxylic acids is 1. The molecule has 0 unspecified atom stereocenters. The molecule has 0 radical (unpaired) electrons. The van der Waals surface area contributed by atoms with Crippen molar-refractivity contribution in [1.29, 1.82) is 0 Å². The van der Waals surface area contributed by atoms with Crippen molar-refractivity contribution in [2.45, 2.75) is 84.0 Å². The number of pyridine rings is 1. The van der Waals surface area contributed by atoms with Gasteiger partial charge in [0.2, 0.25) is 5.88 Å². The van der Waals surface area contributed by atoms with Crippen LogP contribution in [0.5, 0.6) is 5.88 Å². The van der Waals surface area contributed by atoms with E-state index in [0.29, 0.717) is 25.0 Å². The van der Waals surface area contributed by atoms with Gasteiger partial charge in [-0.25, -0.2) is 14.8 Å². The lowest BCUT2D eigenvalue weighted by molar-refractivity contribution is 0.0202. The Kier molecular flexibility index (Phi) is 8.46. The molecule has 2 fully saturated rings. The average Bonchev–Trinajstić information content (AvgIpc) is 2.88. The molecule has 198 valence electrons. The van der Waals surface area contributed by atoms with Gasteiger partial charge in [0, 0.05) is 55.7 Å². The minimum absolute atomic E-state index is 0.102. The van der Waals surface area contributed by atoms with Crippen LogP contribution in [0.1, 0.15) is 71.9 Å². The van der Waals surface area contributed by atoms with Gasteiger partial charge in [-0.05, 0) is 51.8 Å². The second-order valence-corrected chi connectivity index (χ2v) is 10.4. The van der Waals surface area contributed by atoms with Crippen molar-refractivity contribution in [3.05, 3.63) is 54.5 Å². The van der Waals surface area contributed by atoms with Gasteiger partial charge in [-0.3, -0.25) is 4.98 Å². The Hall–Kier alpha value is -3.42. The molecule has 8 heteroatoms. The lowest BCUT2D eigenvalue weighted by Crippen LogP contribution is -2.43. The first-order chi connectivity index (χ1) is 17.8. The molecule has 3 aromatic rings. The number of hydrogen-bond donors (Lipinski definition) is 1. The molecule has 0 bridgehead atoms. The zero-order valence-corrected chi connectivity index (χ0v) is 22.6. The van der Waals surface area contributed by atoms with Gasteiger partial charge in [-0.2, -0.15) is 0 Å². The van der Waals surface area contributed by atoms with E-state index in [4.69, 9.17) is 14.5 Å². The van der Waals surface area contributed by atoms with E-state index < -0.39 is 5.60 Å². The highest BCUT2D eigenvalue weighted by molar-refractivity contribution is 5.80. The van der Waals surface area contributed by atoms with Gasteiger partial charge >= 0.3 is 6.09 Å². The fraction of sp³-hybridized carbons (Fsp3) is 0.517. The number of nitrogens with zero attached hydrogens (tertiary/aromatic N) is 4. The summed E-state index contributed by atoms with van der Waals surface area (Å²) in [4.78, 5) is 28.0. The highest BCUT2D eigenvalue weighted by atomic mass is 16.6. The van der Waals surface area contributed by atoms with Crippen LogP contribution in [0.25, 0.3) is 10.9 Å². The number of amides is 1. The summed E-state index contributed by atoms with van der Waals surface area (Å²) in [5.41, 5.74) is 1.40. The fourth-order valence-corrected chi connectivity index (χ4v) is 4.66. The van der Waals surface area contributed by atoms with E-state index in [1.54, 1.807) is 17.3 Å². The van der Waals surface area contributed by atoms with Gasteiger partial charge in [-0.1, -0.05) is 32.0 Å². The molecule has 37 heavy (non-hydrogen) atoms. The number of ether oxygens (including phenoxy) is 2. The Morgan fingerprint density at radius 1 is 1.00 bits per heavy atom. The summed E-state index contributed by atoms with van der Waals surface area (Å²) in [6.07, 6.45) is 6.67. The first kappa shape index (κ1) is 26.6. The van der Waals surface area contributed by atoms with E-state index in [2.05, 4.69) is 27.4 Å². The van der Waals surface area contributed by atoms with Crippen molar-refractivity contribution in [1.82, 2.24) is 19.9 Å². The molecule has 8 nitrogen and oxygen atoms in total. The Labute approximate surface area is 219 Å². The maximum atomic E-state index is 12.4. The van der Waals surface area contributed by atoms with Gasteiger partial charge in [0.25, 0.3) is 0 Å². The molecular formula is C29H39N5O3. The van der Waals surface area contributed by atoms with Crippen molar-refractivity contribution in [3.63, 3.8) is 0 Å². The summed E-state index contributed by atoms with van der Waals surface area (Å²) >= 11 is 0. The highest BCUT2D eigenvalue weighted by Gasteiger charge is 2.34. The first-order valence-corrected chi connectivity index (χ1v) is 13.4. The molecular weight excluding hydrogens is 466 g/mol. The number of likely N-dealkylation sites (tertiary alicyclic amines) is 1. The van der Waals surface area contributed by atoms with Crippen molar-refractivity contribution >= 4 is 22.8 Å². The van der Waals surface area contributed by atoms with Crippen molar-refractivity contribution in [3.8, 4) is 5.88 Å². The molecule has 0 spiro atoms. The van der Waals surface area contributed by atoms with Crippen molar-refractivity contribution in [2.24, 2.45) is 0 Å². The molecule has 2 aromatic heterocycles. The van der Waals surface area contributed by atoms with Crippen LogP contribution in [0, 0.1) is 0 Å². The Morgan fingerprint density at radius 2 is 1.70 bits per heavy atom. The minimum atomic E-state index is -0.486. The molecule has 1 aliphatic carbocycles. The van der Waals surface area contributed by atoms with Crippen molar-refractivity contribution in [2.75, 3.05) is 18.4 Å². The predicted molar refractivity (Wildman–Crippen MR) is 146 cm³/mol. The van der Waals surface area contributed by atoms with Gasteiger partial charge < -0.3 is 19.7 Å². The number of carbonyl (C=O) groups is 1. The highest BCUT2D eigenvalue weighted by Crippen LogP contribution is 2.35. The van der Waals surface area contributed by atoms with E-state index in [1.807, 2.05) is 58.9 Å². The first-order valence-electron chi connectivity index (χ1n) is 13.4. The number of anilines is 1.